The van der Waals surface area contributed by atoms with Crippen LogP contribution in [0.25, 0.3) is 10.9 Å². The Labute approximate surface area is 148 Å². The van der Waals surface area contributed by atoms with Crippen LogP contribution in [0.15, 0.2) is 48.5 Å². The molecule has 3 aromatic rings. The third-order valence-electron chi connectivity index (χ3n) is 4.19. The lowest BCUT2D eigenvalue weighted by molar-refractivity contribution is 0.0858. The molecule has 2 aromatic carbocycles. The van der Waals surface area contributed by atoms with Crippen molar-refractivity contribution in [2.75, 3.05) is 12.4 Å². The molecule has 0 unspecified atom stereocenters. The van der Waals surface area contributed by atoms with Crippen LogP contribution in [-0.4, -0.2) is 17.9 Å². The fourth-order valence-electron chi connectivity index (χ4n) is 2.77. The molecule has 0 spiro atoms. The predicted molar refractivity (Wildman–Crippen MR) is 102 cm³/mol. The Morgan fingerprint density at radius 3 is 2.44 bits per heavy atom. The van der Waals surface area contributed by atoms with Gasteiger partial charge in [0.1, 0.15) is 5.75 Å². The van der Waals surface area contributed by atoms with Gasteiger partial charge in [-0.25, -0.2) is 0 Å². The van der Waals surface area contributed by atoms with E-state index in [1.165, 1.54) is 0 Å². The normalized spacial score (nSPS) is 11.5. The molecular weight excluding hydrogens is 312 g/mol. The topological polar surface area (TPSA) is 54.1 Å². The van der Waals surface area contributed by atoms with E-state index in [0.29, 0.717) is 6.54 Å². The Morgan fingerprint density at radius 2 is 1.80 bits per heavy atom. The summed E-state index contributed by atoms with van der Waals surface area (Å²) in [5, 5.41) is 4.44. The van der Waals surface area contributed by atoms with Crippen LogP contribution < -0.4 is 10.1 Å². The third kappa shape index (κ3) is 3.85. The van der Waals surface area contributed by atoms with Crippen LogP contribution in [0.5, 0.6) is 5.75 Å². The summed E-state index contributed by atoms with van der Waals surface area (Å²) in [5.74, 6) is 1.00. The molecule has 2 N–H and O–H groups in total. The molecule has 4 heteroatoms. The Morgan fingerprint density at radius 1 is 1.08 bits per heavy atom. The van der Waals surface area contributed by atoms with Crippen molar-refractivity contribution in [3.8, 4) is 5.75 Å². The maximum absolute atomic E-state index is 12.4. The summed E-state index contributed by atoms with van der Waals surface area (Å²) >= 11 is 0. The summed E-state index contributed by atoms with van der Waals surface area (Å²) in [6, 6.07) is 15.8. The van der Waals surface area contributed by atoms with E-state index in [0.717, 1.165) is 33.6 Å². The number of nitrogens with one attached hydrogen (secondary N) is 2. The first-order valence-electron chi connectivity index (χ1n) is 8.41. The molecule has 0 radical (unpaired) electrons. The van der Waals surface area contributed by atoms with Gasteiger partial charge in [-0.2, -0.15) is 0 Å². The molecule has 0 saturated heterocycles. The number of aromatic amines is 1. The highest BCUT2D eigenvalue weighted by Gasteiger charge is 2.23. The average Bonchev–Trinajstić information content (AvgIpc) is 3.01. The number of carbonyl (C=O) groups excluding carboxylic acids is 1. The van der Waals surface area contributed by atoms with Crippen LogP contribution in [-0.2, 0) is 6.54 Å². The number of fused-ring (bicyclic) bond motifs is 1. The number of anilines is 1. The van der Waals surface area contributed by atoms with Gasteiger partial charge in [0.2, 0.25) is 0 Å². The standard InChI is InChI=1S/C21H24N2O2/c1-21(2,3)20(24)14-5-10-19-15(11-14)12-17(23-19)13-22-16-6-8-18(25-4)9-7-16/h5-12,22-23H,13H2,1-4H3. The Bertz CT molecular complexity index is 886. The smallest absolute Gasteiger partial charge is 0.168 e. The lowest BCUT2D eigenvalue weighted by Crippen LogP contribution is -2.19. The van der Waals surface area contributed by atoms with Crippen molar-refractivity contribution in [3.63, 3.8) is 0 Å². The van der Waals surface area contributed by atoms with Crippen molar-refractivity contribution in [2.45, 2.75) is 27.3 Å². The number of carbonyl (C=O) groups is 1. The lowest BCUT2D eigenvalue weighted by Gasteiger charge is -2.16. The number of H-pyrrole nitrogens is 1. The van der Waals surface area contributed by atoms with E-state index in [-0.39, 0.29) is 11.2 Å². The minimum atomic E-state index is -0.372. The molecule has 4 nitrogen and oxygen atoms in total. The number of Topliss-reactive ketones (excluding diaryl/α,β-unsaturated/α-hetero) is 1. The van der Waals surface area contributed by atoms with E-state index in [4.69, 9.17) is 4.74 Å². The first-order valence-corrected chi connectivity index (χ1v) is 8.41. The monoisotopic (exact) mass is 336 g/mol. The summed E-state index contributed by atoms with van der Waals surface area (Å²) < 4.78 is 5.16. The predicted octanol–water partition coefficient (Wildman–Crippen LogP) is 5.02. The number of benzene rings is 2. The second kappa shape index (κ2) is 6.63. The Balaban J connectivity index is 1.75. The van der Waals surface area contributed by atoms with Crippen LogP contribution in [0.2, 0.25) is 0 Å². The molecule has 1 heterocycles. The molecule has 0 fully saturated rings. The second-order valence-electron chi connectivity index (χ2n) is 7.26. The van der Waals surface area contributed by atoms with Gasteiger partial charge in [0, 0.05) is 33.3 Å². The van der Waals surface area contributed by atoms with Crippen molar-refractivity contribution < 1.29 is 9.53 Å². The summed E-state index contributed by atoms with van der Waals surface area (Å²) in [4.78, 5) is 15.8. The fraction of sp³-hybridized carbons (Fsp3) is 0.286. The molecule has 0 aliphatic carbocycles. The van der Waals surface area contributed by atoms with Crippen LogP contribution in [0.3, 0.4) is 0 Å². The van der Waals surface area contributed by atoms with Crippen LogP contribution in [0.4, 0.5) is 5.69 Å². The summed E-state index contributed by atoms with van der Waals surface area (Å²) in [7, 11) is 1.66. The number of hydrogen-bond donors (Lipinski definition) is 2. The third-order valence-corrected chi connectivity index (χ3v) is 4.19. The minimum Gasteiger partial charge on any atom is -0.497 e. The van der Waals surface area contributed by atoms with Crippen molar-refractivity contribution in [3.05, 3.63) is 59.8 Å². The second-order valence-corrected chi connectivity index (χ2v) is 7.26. The highest BCUT2D eigenvalue weighted by atomic mass is 16.5. The van der Waals surface area contributed by atoms with Gasteiger partial charge in [-0.15, -0.1) is 0 Å². The molecule has 0 atom stereocenters. The van der Waals surface area contributed by atoms with E-state index in [1.54, 1.807) is 7.11 Å². The van der Waals surface area contributed by atoms with Crippen molar-refractivity contribution in [1.29, 1.82) is 0 Å². The SMILES string of the molecule is COc1ccc(NCc2cc3cc(C(=O)C(C)(C)C)ccc3[nH]2)cc1. The first kappa shape index (κ1) is 17.1. The zero-order valence-corrected chi connectivity index (χ0v) is 15.1. The molecule has 0 aliphatic rings. The number of aromatic nitrogens is 1. The Kier molecular flexibility index (Phi) is 4.53. The quantitative estimate of drug-likeness (QED) is 0.643. The van der Waals surface area contributed by atoms with Crippen molar-refractivity contribution in [2.24, 2.45) is 5.41 Å². The van der Waals surface area contributed by atoms with Gasteiger partial charge in [0.15, 0.2) is 5.78 Å². The van der Waals surface area contributed by atoms with E-state index < -0.39 is 0 Å². The van der Waals surface area contributed by atoms with Gasteiger partial charge in [-0.05, 0) is 48.5 Å². The molecule has 25 heavy (non-hydrogen) atoms. The van der Waals surface area contributed by atoms with Crippen molar-refractivity contribution >= 4 is 22.4 Å². The summed E-state index contributed by atoms with van der Waals surface area (Å²) in [5.41, 5.74) is 3.53. The molecule has 3 rings (SSSR count). The molecule has 0 bridgehead atoms. The van der Waals surface area contributed by atoms with Crippen LogP contribution >= 0.6 is 0 Å². The van der Waals surface area contributed by atoms with Crippen LogP contribution in [0, 0.1) is 5.41 Å². The van der Waals surface area contributed by atoms with Gasteiger partial charge in [-0.1, -0.05) is 20.8 Å². The maximum Gasteiger partial charge on any atom is 0.168 e. The first-order chi connectivity index (χ1) is 11.9. The highest BCUT2D eigenvalue weighted by molar-refractivity contribution is 6.02. The highest BCUT2D eigenvalue weighted by Crippen LogP contribution is 2.24. The summed E-state index contributed by atoms with van der Waals surface area (Å²) in [6.07, 6.45) is 0. The van der Waals surface area contributed by atoms with Crippen molar-refractivity contribution in [1.82, 2.24) is 4.98 Å². The van der Waals surface area contributed by atoms with E-state index in [2.05, 4.69) is 16.4 Å². The average molecular weight is 336 g/mol. The zero-order valence-electron chi connectivity index (χ0n) is 15.1. The molecule has 0 amide bonds. The Hall–Kier alpha value is -2.75. The zero-order chi connectivity index (χ0) is 18.0. The summed E-state index contributed by atoms with van der Waals surface area (Å²) in [6.45, 7) is 6.52. The lowest BCUT2D eigenvalue weighted by atomic mass is 9.86. The largest absolute Gasteiger partial charge is 0.497 e. The van der Waals surface area contributed by atoms with E-state index in [9.17, 15) is 4.79 Å². The number of ketones is 1. The number of rotatable bonds is 5. The molecule has 0 aliphatic heterocycles. The fourth-order valence-corrected chi connectivity index (χ4v) is 2.77. The van der Waals surface area contributed by atoms with Gasteiger partial charge in [-0.3, -0.25) is 4.79 Å². The number of ether oxygens (including phenoxy) is 1. The van der Waals surface area contributed by atoms with E-state index >= 15 is 0 Å². The maximum atomic E-state index is 12.4. The number of hydrogen-bond acceptors (Lipinski definition) is 3. The molecular formula is C21H24N2O2. The van der Waals surface area contributed by atoms with Crippen LogP contribution in [0.1, 0.15) is 36.8 Å². The van der Waals surface area contributed by atoms with Gasteiger partial charge in [0.05, 0.1) is 13.7 Å². The molecule has 130 valence electrons. The van der Waals surface area contributed by atoms with Gasteiger partial charge < -0.3 is 15.0 Å². The number of methoxy groups -OCH3 is 1. The van der Waals surface area contributed by atoms with Gasteiger partial charge >= 0.3 is 0 Å². The van der Waals surface area contributed by atoms with E-state index in [1.807, 2.05) is 63.2 Å². The molecule has 1 aromatic heterocycles. The minimum absolute atomic E-state index is 0.161. The van der Waals surface area contributed by atoms with Gasteiger partial charge in [0.25, 0.3) is 0 Å². The molecule has 0 saturated carbocycles.